The fraction of sp³-hybridized carbons (Fsp3) is 0.900. The Kier molecular flexibility index (Phi) is 15.6. The molecule has 74 valence electrons. The molecule has 0 rings (SSSR count). The van der Waals surface area contributed by atoms with Crippen LogP contribution in [0.3, 0.4) is 0 Å². The Bertz CT molecular complexity index is 87.8. The fourth-order valence-electron chi connectivity index (χ4n) is 0.479. The maximum atomic E-state index is 9.81. The molecular formula is C10H23NO. The minimum absolute atomic E-state index is 0.255. The van der Waals surface area contributed by atoms with Gasteiger partial charge < -0.3 is 10.1 Å². The molecule has 0 saturated heterocycles. The maximum absolute atomic E-state index is 9.81. The second kappa shape index (κ2) is 13.2. The largest absolute Gasteiger partial charge is 0.317 e. The number of carbonyl (C=O) groups excluding carboxylic acids is 1. The molecule has 1 N–H and O–H groups in total. The van der Waals surface area contributed by atoms with Gasteiger partial charge in [0, 0.05) is 6.42 Å². The second-order valence-corrected chi connectivity index (χ2v) is 2.81. The van der Waals surface area contributed by atoms with Gasteiger partial charge in [0.1, 0.15) is 5.78 Å². The van der Waals surface area contributed by atoms with Gasteiger partial charge in [0.15, 0.2) is 0 Å². The van der Waals surface area contributed by atoms with E-state index in [1.165, 1.54) is 25.9 Å². The summed E-state index contributed by atoms with van der Waals surface area (Å²) in [5, 5.41) is 3.28. The van der Waals surface area contributed by atoms with Crippen molar-refractivity contribution in [2.45, 2.75) is 47.0 Å². The normalized spacial score (nSPS) is 8.67. The Hall–Kier alpha value is -0.370. The Morgan fingerprint density at radius 3 is 1.58 bits per heavy atom. The minimum atomic E-state index is 0.255. The van der Waals surface area contributed by atoms with Gasteiger partial charge in [-0.3, -0.25) is 0 Å². The smallest absolute Gasteiger partial charge is 0.129 e. The molecule has 12 heavy (non-hydrogen) atoms. The first kappa shape index (κ1) is 14.2. The zero-order chi connectivity index (χ0) is 9.82. The molecule has 0 radical (unpaired) electrons. The van der Waals surface area contributed by atoms with Gasteiger partial charge in [-0.1, -0.05) is 20.8 Å². The van der Waals surface area contributed by atoms with Crippen molar-refractivity contribution in [1.29, 1.82) is 0 Å². The van der Waals surface area contributed by atoms with Gasteiger partial charge in [0.05, 0.1) is 0 Å². The summed E-state index contributed by atoms with van der Waals surface area (Å²) >= 11 is 0. The zero-order valence-electron chi connectivity index (χ0n) is 8.94. The molecule has 0 aromatic carbocycles. The highest BCUT2D eigenvalue weighted by molar-refractivity contribution is 5.74. The zero-order valence-corrected chi connectivity index (χ0v) is 8.94. The highest BCUT2D eigenvalue weighted by atomic mass is 16.1. The summed E-state index contributed by atoms with van der Waals surface area (Å²) in [6, 6.07) is 0. The van der Waals surface area contributed by atoms with E-state index in [4.69, 9.17) is 0 Å². The summed E-state index contributed by atoms with van der Waals surface area (Å²) in [5.74, 6) is 0.255. The first-order valence-electron chi connectivity index (χ1n) is 4.89. The number of Topliss-reactive ketones (excluding diaryl/α,β-unsaturated/α-hetero) is 1. The van der Waals surface area contributed by atoms with Crippen LogP contribution in [0.2, 0.25) is 0 Å². The molecule has 0 aliphatic heterocycles. The quantitative estimate of drug-likeness (QED) is 0.647. The highest BCUT2D eigenvalue weighted by Crippen LogP contribution is 1.72. The predicted molar refractivity (Wildman–Crippen MR) is 54.4 cm³/mol. The van der Waals surface area contributed by atoms with E-state index in [2.05, 4.69) is 19.2 Å². The van der Waals surface area contributed by atoms with E-state index in [-0.39, 0.29) is 5.78 Å². The molecule has 0 fully saturated rings. The molecule has 0 aliphatic carbocycles. The maximum Gasteiger partial charge on any atom is 0.129 e. The molecule has 2 heteroatoms. The predicted octanol–water partition coefficient (Wildman–Crippen LogP) is 2.38. The van der Waals surface area contributed by atoms with E-state index in [0.717, 1.165) is 0 Å². The molecular weight excluding hydrogens is 150 g/mol. The summed E-state index contributed by atoms with van der Waals surface area (Å²) in [7, 11) is 0. The number of nitrogens with one attached hydrogen (secondary N) is 1. The number of carbonyl (C=O) groups is 1. The van der Waals surface area contributed by atoms with Crippen molar-refractivity contribution in [3.63, 3.8) is 0 Å². The average molecular weight is 173 g/mol. The van der Waals surface area contributed by atoms with E-state index < -0.39 is 0 Å². The Balaban J connectivity index is 0. The highest BCUT2D eigenvalue weighted by Gasteiger charge is 1.77. The van der Waals surface area contributed by atoms with Gasteiger partial charge in [0.25, 0.3) is 0 Å². The van der Waals surface area contributed by atoms with Crippen molar-refractivity contribution in [2.24, 2.45) is 0 Å². The molecule has 0 aliphatic rings. The fourth-order valence-corrected chi connectivity index (χ4v) is 0.479. The van der Waals surface area contributed by atoms with Crippen LogP contribution in [0.4, 0.5) is 0 Å². The molecule has 0 heterocycles. The lowest BCUT2D eigenvalue weighted by Crippen LogP contribution is -2.14. The van der Waals surface area contributed by atoms with Crippen LogP contribution in [-0.2, 0) is 4.79 Å². The van der Waals surface area contributed by atoms with E-state index in [1.807, 2.05) is 6.92 Å². The SMILES string of the molecule is CCC(C)=O.CCCNCCC. The summed E-state index contributed by atoms with van der Waals surface area (Å²) in [6.07, 6.45) is 3.17. The van der Waals surface area contributed by atoms with E-state index in [0.29, 0.717) is 6.42 Å². The van der Waals surface area contributed by atoms with Gasteiger partial charge in [-0.15, -0.1) is 0 Å². The van der Waals surface area contributed by atoms with Crippen LogP contribution in [0.25, 0.3) is 0 Å². The number of ketones is 1. The summed E-state index contributed by atoms with van der Waals surface area (Å²) in [4.78, 5) is 9.81. The Morgan fingerprint density at radius 2 is 1.42 bits per heavy atom. The van der Waals surface area contributed by atoms with E-state index in [9.17, 15) is 4.79 Å². The number of hydrogen-bond donors (Lipinski definition) is 1. The first-order valence-corrected chi connectivity index (χ1v) is 4.89. The topological polar surface area (TPSA) is 29.1 Å². The third-order valence-corrected chi connectivity index (χ3v) is 1.35. The van der Waals surface area contributed by atoms with Gasteiger partial charge >= 0.3 is 0 Å². The first-order chi connectivity index (χ1) is 5.68. The van der Waals surface area contributed by atoms with Crippen LogP contribution >= 0.6 is 0 Å². The molecule has 0 saturated carbocycles. The van der Waals surface area contributed by atoms with Crippen molar-refractivity contribution in [3.05, 3.63) is 0 Å². The van der Waals surface area contributed by atoms with Crippen molar-refractivity contribution >= 4 is 5.78 Å². The lowest BCUT2D eigenvalue weighted by molar-refractivity contribution is -0.116. The van der Waals surface area contributed by atoms with E-state index in [1.54, 1.807) is 6.92 Å². The summed E-state index contributed by atoms with van der Waals surface area (Å²) in [6.45, 7) is 10.1. The van der Waals surface area contributed by atoms with Crippen molar-refractivity contribution < 1.29 is 4.79 Å². The van der Waals surface area contributed by atoms with Gasteiger partial charge in [-0.25, -0.2) is 0 Å². The van der Waals surface area contributed by atoms with Crippen molar-refractivity contribution in [2.75, 3.05) is 13.1 Å². The molecule has 0 unspecified atom stereocenters. The average Bonchev–Trinajstić information content (AvgIpc) is 2.07. The summed E-state index contributed by atoms with van der Waals surface area (Å²) in [5.41, 5.74) is 0. The van der Waals surface area contributed by atoms with Gasteiger partial charge in [-0.2, -0.15) is 0 Å². The van der Waals surface area contributed by atoms with Crippen LogP contribution in [0.1, 0.15) is 47.0 Å². The second-order valence-electron chi connectivity index (χ2n) is 2.81. The van der Waals surface area contributed by atoms with Crippen LogP contribution in [-0.4, -0.2) is 18.9 Å². The van der Waals surface area contributed by atoms with E-state index >= 15 is 0 Å². The Morgan fingerprint density at radius 1 is 1.08 bits per heavy atom. The molecule has 0 bridgehead atoms. The minimum Gasteiger partial charge on any atom is -0.317 e. The third kappa shape index (κ3) is 22.6. The number of hydrogen-bond acceptors (Lipinski definition) is 2. The van der Waals surface area contributed by atoms with Crippen LogP contribution in [0.5, 0.6) is 0 Å². The molecule has 0 amide bonds. The van der Waals surface area contributed by atoms with Crippen LogP contribution in [0, 0.1) is 0 Å². The van der Waals surface area contributed by atoms with Gasteiger partial charge in [-0.05, 0) is 32.9 Å². The van der Waals surface area contributed by atoms with Gasteiger partial charge in [0.2, 0.25) is 0 Å². The lowest BCUT2D eigenvalue weighted by atomic mass is 10.4. The lowest BCUT2D eigenvalue weighted by Gasteiger charge is -1.95. The van der Waals surface area contributed by atoms with Crippen LogP contribution < -0.4 is 5.32 Å². The standard InChI is InChI=1S/C6H15N.C4H8O/c1-3-5-7-6-4-2;1-3-4(2)5/h7H,3-6H2,1-2H3;3H2,1-2H3. The molecule has 0 aromatic rings. The third-order valence-electron chi connectivity index (χ3n) is 1.35. The monoisotopic (exact) mass is 173 g/mol. The van der Waals surface area contributed by atoms with Crippen molar-refractivity contribution in [3.8, 4) is 0 Å². The molecule has 0 spiro atoms. The Labute approximate surface area is 76.7 Å². The van der Waals surface area contributed by atoms with Crippen molar-refractivity contribution in [1.82, 2.24) is 5.32 Å². The molecule has 0 aromatic heterocycles. The van der Waals surface area contributed by atoms with Crippen LogP contribution in [0.15, 0.2) is 0 Å². The molecule has 0 atom stereocenters. The number of rotatable bonds is 5. The molecule has 2 nitrogen and oxygen atoms in total. The summed E-state index contributed by atoms with van der Waals surface area (Å²) < 4.78 is 0.